The summed E-state index contributed by atoms with van der Waals surface area (Å²) in [5.41, 5.74) is 5.78. The Morgan fingerprint density at radius 1 is 0.970 bits per heavy atom. The zero-order chi connectivity index (χ0) is 24.3. The molecule has 3 rings (SSSR count). The van der Waals surface area contributed by atoms with Gasteiger partial charge in [0.1, 0.15) is 0 Å². The molecule has 2 aromatic carbocycles. The summed E-state index contributed by atoms with van der Waals surface area (Å²) in [6.45, 7) is 12.0. The molecular formula is C27H34N2O4. The number of nitrogens with zero attached hydrogens (tertiary/aromatic N) is 2. The number of nitro groups is 1. The van der Waals surface area contributed by atoms with Crippen LogP contribution < -0.4 is 0 Å². The predicted molar refractivity (Wildman–Crippen MR) is 131 cm³/mol. The van der Waals surface area contributed by atoms with E-state index in [9.17, 15) is 14.9 Å². The predicted octanol–water partition coefficient (Wildman–Crippen LogP) is 7.02. The van der Waals surface area contributed by atoms with Crippen molar-refractivity contribution >= 4 is 17.4 Å². The van der Waals surface area contributed by atoms with Crippen LogP contribution in [0.2, 0.25) is 0 Å². The minimum atomic E-state index is -0.460. The van der Waals surface area contributed by atoms with Crippen LogP contribution in [-0.2, 0) is 15.0 Å². The summed E-state index contributed by atoms with van der Waals surface area (Å²) >= 11 is 0. The van der Waals surface area contributed by atoms with Crippen molar-refractivity contribution in [3.05, 3.63) is 63.2 Å². The minimum Gasteiger partial charge on any atom is -0.318 e. The second-order valence-corrected chi connectivity index (χ2v) is 9.95. The quantitative estimate of drug-likeness (QED) is 0.178. The van der Waals surface area contributed by atoms with Gasteiger partial charge in [0, 0.05) is 24.5 Å². The van der Waals surface area contributed by atoms with Crippen LogP contribution in [0.15, 0.2) is 41.6 Å². The molecule has 1 aliphatic carbocycles. The molecule has 0 aliphatic heterocycles. The fourth-order valence-electron chi connectivity index (χ4n) is 4.74. The Hall–Kier alpha value is -3.02. The van der Waals surface area contributed by atoms with Crippen LogP contribution in [0.5, 0.6) is 0 Å². The lowest BCUT2D eigenvalue weighted by Crippen LogP contribution is -2.27. The van der Waals surface area contributed by atoms with E-state index in [0.29, 0.717) is 17.5 Å². The third kappa shape index (κ3) is 5.15. The molecule has 176 valence electrons. The number of non-ortho nitro benzene ring substituents is 1. The van der Waals surface area contributed by atoms with E-state index in [2.05, 4.69) is 45.0 Å². The molecule has 0 unspecified atom stereocenters. The van der Waals surface area contributed by atoms with Crippen LogP contribution in [0.4, 0.5) is 5.69 Å². The number of carbonyl (C=O) groups is 1. The van der Waals surface area contributed by atoms with E-state index in [-0.39, 0.29) is 16.0 Å². The average molecular weight is 451 g/mol. The number of oxime groups is 1. The van der Waals surface area contributed by atoms with Crippen molar-refractivity contribution in [2.75, 3.05) is 0 Å². The first-order chi connectivity index (χ1) is 15.5. The van der Waals surface area contributed by atoms with Crippen molar-refractivity contribution < 1.29 is 14.6 Å². The molecule has 0 radical (unpaired) electrons. The first-order valence-corrected chi connectivity index (χ1v) is 11.7. The van der Waals surface area contributed by atoms with Gasteiger partial charge in [0.2, 0.25) is 0 Å². The molecule has 0 saturated carbocycles. The Morgan fingerprint density at radius 3 is 2.03 bits per heavy atom. The van der Waals surface area contributed by atoms with Crippen LogP contribution in [-0.4, -0.2) is 16.6 Å². The van der Waals surface area contributed by atoms with E-state index < -0.39 is 5.97 Å². The van der Waals surface area contributed by atoms with E-state index in [4.69, 9.17) is 4.84 Å². The number of fused-ring (bicyclic) bond motifs is 3. The summed E-state index contributed by atoms with van der Waals surface area (Å²) in [6.07, 6.45) is 3.87. The number of benzene rings is 2. The lowest BCUT2D eigenvalue weighted by Gasteiger charge is -2.34. The normalized spacial score (nSPS) is 14.4. The Balaban J connectivity index is 2.23. The first-order valence-electron chi connectivity index (χ1n) is 11.7. The molecule has 0 aromatic heterocycles. The molecule has 0 spiro atoms. The molecule has 0 N–H and O–H groups in total. The number of hydrogen-bond donors (Lipinski definition) is 0. The smallest absolute Gasteiger partial charge is 0.318 e. The molecule has 0 bridgehead atoms. The van der Waals surface area contributed by atoms with Gasteiger partial charge in [-0.25, -0.2) is 4.79 Å². The maximum absolute atomic E-state index is 11.6. The molecule has 6 nitrogen and oxygen atoms in total. The van der Waals surface area contributed by atoms with Gasteiger partial charge in [0.05, 0.1) is 10.6 Å². The average Bonchev–Trinajstić information content (AvgIpc) is 3.03. The molecule has 0 fully saturated rings. The van der Waals surface area contributed by atoms with Crippen LogP contribution in [0.25, 0.3) is 11.1 Å². The largest absolute Gasteiger partial charge is 0.331 e. The molecule has 1 aliphatic rings. The van der Waals surface area contributed by atoms with Crippen LogP contribution in [0, 0.1) is 22.0 Å². The maximum atomic E-state index is 11.6. The van der Waals surface area contributed by atoms with Crippen molar-refractivity contribution in [1.82, 2.24) is 0 Å². The van der Waals surface area contributed by atoms with Gasteiger partial charge in [-0.15, -0.1) is 0 Å². The minimum absolute atomic E-state index is 0.132. The zero-order valence-electron chi connectivity index (χ0n) is 20.5. The van der Waals surface area contributed by atoms with Gasteiger partial charge in [-0.2, -0.15) is 0 Å². The van der Waals surface area contributed by atoms with Gasteiger partial charge in [-0.3, -0.25) is 10.1 Å². The SMILES string of the molecule is CC(=O)O/N=C(\C)c1ccc2c(c1)C(CCC(C)C)(CCC(C)C)c1cc([N+](=O)[O-])ccc1-2. The topological polar surface area (TPSA) is 81.8 Å². The summed E-state index contributed by atoms with van der Waals surface area (Å²) < 4.78 is 0. The monoisotopic (exact) mass is 450 g/mol. The van der Waals surface area contributed by atoms with E-state index in [0.717, 1.165) is 47.9 Å². The van der Waals surface area contributed by atoms with E-state index >= 15 is 0 Å². The molecule has 0 saturated heterocycles. The van der Waals surface area contributed by atoms with Gasteiger partial charge < -0.3 is 4.84 Å². The fraction of sp³-hybridized carbons (Fsp3) is 0.481. The molecular weight excluding hydrogens is 416 g/mol. The van der Waals surface area contributed by atoms with Crippen LogP contribution in [0.1, 0.15) is 83.9 Å². The zero-order valence-corrected chi connectivity index (χ0v) is 20.5. The van der Waals surface area contributed by atoms with Crippen molar-refractivity contribution in [2.24, 2.45) is 17.0 Å². The summed E-state index contributed by atoms with van der Waals surface area (Å²) in [6, 6.07) is 11.5. The van der Waals surface area contributed by atoms with Crippen LogP contribution >= 0.6 is 0 Å². The number of nitro benzene ring substituents is 1. The molecule has 0 heterocycles. The number of carbonyl (C=O) groups excluding carboxylic acids is 1. The van der Waals surface area contributed by atoms with E-state index in [1.165, 1.54) is 12.5 Å². The maximum Gasteiger partial charge on any atom is 0.331 e. The first kappa shape index (κ1) is 24.6. The van der Waals surface area contributed by atoms with Crippen molar-refractivity contribution in [2.45, 2.75) is 72.6 Å². The Morgan fingerprint density at radius 2 is 1.52 bits per heavy atom. The lowest BCUT2D eigenvalue weighted by atomic mass is 9.69. The van der Waals surface area contributed by atoms with Crippen molar-refractivity contribution in [1.29, 1.82) is 0 Å². The highest BCUT2D eigenvalue weighted by atomic mass is 16.7. The Kier molecular flexibility index (Phi) is 7.35. The third-order valence-electron chi connectivity index (χ3n) is 6.58. The molecule has 0 atom stereocenters. The van der Waals surface area contributed by atoms with Crippen molar-refractivity contribution in [3.63, 3.8) is 0 Å². The molecule has 2 aromatic rings. The van der Waals surface area contributed by atoms with Crippen LogP contribution in [0.3, 0.4) is 0 Å². The van der Waals surface area contributed by atoms with Gasteiger partial charge in [0.25, 0.3) is 5.69 Å². The van der Waals surface area contributed by atoms with Gasteiger partial charge in [-0.05, 0) is 84.4 Å². The summed E-state index contributed by atoms with van der Waals surface area (Å²) in [4.78, 5) is 27.4. The van der Waals surface area contributed by atoms with Gasteiger partial charge in [-0.1, -0.05) is 45.0 Å². The molecule has 0 amide bonds. The second kappa shape index (κ2) is 9.86. The summed E-state index contributed by atoms with van der Waals surface area (Å²) in [7, 11) is 0. The number of hydrogen-bond acceptors (Lipinski definition) is 5. The third-order valence-corrected chi connectivity index (χ3v) is 6.58. The highest BCUT2D eigenvalue weighted by molar-refractivity contribution is 6.00. The molecule has 33 heavy (non-hydrogen) atoms. The molecule has 6 heteroatoms. The fourth-order valence-corrected chi connectivity index (χ4v) is 4.74. The highest BCUT2D eigenvalue weighted by Gasteiger charge is 2.43. The Labute approximate surface area is 196 Å². The Bertz CT molecular complexity index is 1070. The number of rotatable bonds is 9. The van der Waals surface area contributed by atoms with Gasteiger partial charge >= 0.3 is 5.97 Å². The standard InChI is InChI=1S/C27H34N2O4/c1-17(2)11-13-27(14-12-18(3)4)25-15-21(19(5)28-33-20(6)30)7-9-23(25)24-10-8-22(29(31)32)16-26(24)27/h7-10,15-18H,11-14H2,1-6H3/b28-19+. The summed E-state index contributed by atoms with van der Waals surface area (Å²) in [5.74, 6) is 0.573. The highest BCUT2D eigenvalue weighted by Crippen LogP contribution is 2.55. The van der Waals surface area contributed by atoms with Gasteiger partial charge in [0.15, 0.2) is 0 Å². The summed E-state index contributed by atoms with van der Waals surface area (Å²) in [5, 5.41) is 15.6. The van der Waals surface area contributed by atoms with E-state index in [1.807, 2.05) is 19.1 Å². The second-order valence-electron chi connectivity index (χ2n) is 9.95. The van der Waals surface area contributed by atoms with Crippen molar-refractivity contribution in [3.8, 4) is 11.1 Å². The van der Waals surface area contributed by atoms with E-state index in [1.54, 1.807) is 12.1 Å². The lowest BCUT2D eigenvalue weighted by molar-refractivity contribution is -0.384.